The van der Waals surface area contributed by atoms with Gasteiger partial charge in [-0.25, -0.2) is 0 Å². The van der Waals surface area contributed by atoms with Gasteiger partial charge < -0.3 is 4.74 Å². The van der Waals surface area contributed by atoms with E-state index in [9.17, 15) is 9.59 Å². The monoisotopic (exact) mass is 224 g/mol. The number of hydrogen-bond acceptors (Lipinski definition) is 3. The van der Waals surface area contributed by atoms with Crippen molar-refractivity contribution in [2.24, 2.45) is 11.8 Å². The Morgan fingerprint density at radius 3 is 2.94 bits per heavy atom. The number of Topliss-reactive ketones (excluding diaryl/α,β-unsaturated/α-hetero) is 1. The van der Waals surface area contributed by atoms with Gasteiger partial charge in [0.2, 0.25) is 0 Å². The lowest BCUT2D eigenvalue weighted by Gasteiger charge is -2.13. The average molecular weight is 224 g/mol. The number of carbonyl (C=O) groups is 2. The van der Waals surface area contributed by atoms with E-state index in [2.05, 4.69) is 17.7 Å². The molecule has 1 aliphatic rings. The van der Waals surface area contributed by atoms with Gasteiger partial charge in [-0.1, -0.05) is 25.5 Å². The first-order valence-electron chi connectivity index (χ1n) is 5.95. The molecule has 1 rings (SSSR count). The minimum Gasteiger partial charge on any atom is -0.469 e. The highest BCUT2D eigenvalue weighted by Gasteiger charge is 2.34. The fraction of sp³-hybridized carbons (Fsp3) is 0.692. The molecular weight excluding hydrogens is 204 g/mol. The van der Waals surface area contributed by atoms with Crippen LogP contribution in [-0.4, -0.2) is 18.9 Å². The van der Waals surface area contributed by atoms with Crippen molar-refractivity contribution in [1.29, 1.82) is 0 Å². The van der Waals surface area contributed by atoms with Gasteiger partial charge in [0, 0.05) is 18.8 Å². The number of allylic oxidation sites excluding steroid dienone is 2. The molecule has 0 saturated heterocycles. The van der Waals surface area contributed by atoms with Crippen molar-refractivity contribution < 1.29 is 14.3 Å². The highest BCUT2D eigenvalue weighted by atomic mass is 16.5. The summed E-state index contributed by atoms with van der Waals surface area (Å²) in [6.07, 6.45) is 7.89. The van der Waals surface area contributed by atoms with E-state index < -0.39 is 0 Å². The van der Waals surface area contributed by atoms with E-state index >= 15 is 0 Å². The van der Waals surface area contributed by atoms with E-state index in [4.69, 9.17) is 0 Å². The second kappa shape index (κ2) is 6.46. The van der Waals surface area contributed by atoms with Gasteiger partial charge in [0.25, 0.3) is 0 Å². The number of unbranched alkanes of at least 4 members (excludes halogenated alkanes) is 1. The Kier molecular flexibility index (Phi) is 5.23. The van der Waals surface area contributed by atoms with Crippen molar-refractivity contribution in [2.45, 2.75) is 39.0 Å². The molecule has 16 heavy (non-hydrogen) atoms. The summed E-state index contributed by atoms with van der Waals surface area (Å²) in [4.78, 5) is 22.8. The maximum absolute atomic E-state index is 11.6. The van der Waals surface area contributed by atoms with E-state index in [1.807, 2.05) is 6.08 Å². The molecule has 0 radical (unpaired) electrons. The van der Waals surface area contributed by atoms with Crippen LogP contribution in [0.1, 0.15) is 39.0 Å². The van der Waals surface area contributed by atoms with Gasteiger partial charge in [-0.05, 0) is 18.8 Å². The second-order valence-corrected chi connectivity index (χ2v) is 4.29. The Balaban J connectivity index is 2.55. The van der Waals surface area contributed by atoms with E-state index in [1.54, 1.807) is 0 Å². The van der Waals surface area contributed by atoms with E-state index in [0.29, 0.717) is 12.8 Å². The fourth-order valence-corrected chi connectivity index (χ4v) is 2.14. The maximum Gasteiger partial charge on any atom is 0.305 e. The summed E-state index contributed by atoms with van der Waals surface area (Å²) in [5.41, 5.74) is 0. The van der Waals surface area contributed by atoms with Gasteiger partial charge in [0.15, 0.2) is 0 Å². The van der Waals surface area contributed by atoms with Gasteiger partial charge in [0.1, 0.15) is 5.78 Å². The molecule has 0 aromatic rings. The molecule has 2 atom stereocenters. The average Bonchev–Trinajstić information content (AvgIpc) is 2.61. The largest absolute Gasteiger partial charge is 0.469 e. The lowest BCUT2D eigenvalue weighted by molar-refractivity contribution is -0.141. The molecule has 0 aromatic heterocycles. The molecule has 1 aliphatic carbocycles. The van der Waals surface area contributed by atoms with Crippen LogP contribution in [0.2, 0.25) is 0 Å². The maximum atomic E-state index is 11.6. The Labute approximate surface area is 96.9 Å². The van der Waals surface area contributed by atoms with Crippen LogP contribution in [0.25, 0.3) is 0 Å². The number of hydrogen-bond donors (Lipinski definition) is 0. The normalized spacial score (nSPS) is 25.2. The SMILES string of the molecule is CCCC=C[C@H]1C(=O)CC[C@H]1CC(=O)OC. The summed E-state index contributed by atoms with van der Waals surface area (Å²) >= 11 is 0. The first-order chi connectivity index (χ1) is 7.69. The molecule has 0 aromatic carbocycles. The van der Waals surface area contributed by atoms with Gasteiger partial charge >= 0.3 is 5.97 Å². The highest BCUT2D eigenvalue weighted by molar-refractivity contribution is 5.86. The van der Waals surface area contributed by atoms with Crippen LogP contribution in [-0.2, 0) is 14.3 Å². The molecular formula is C13H20O3. The number of carbonyl (C=O) groups excluding carboxylic acids is 2. The van der Waals surface area contributed by atoms with Crippen molar-refractivity contribution in [3.05, 3.63) is 12.2 Å². The van der Waals surface area contributed by atoms with Gasteiger partial charge in [-0.15, -0.1) is 0 Å². The van der Waals surface area contributed by atoms with Crippen molar-refractivity contribution in [3.8, 4) is 0 Å². The third kappa shape index (κ3) is 3.47. The Morgan fingerprint density at radius 1 is 1.56 bits per heavy atom. The molecule has 3 heteroatoms. The summed E-state index contributed by atoms with van der Waals surface area (Å²) in [6, 6.07) is 0. The molecule has 0 aliphatic heterocycles. The second-order valence-electron chi connectivity index (χ2n) is 4.29. The van der Waals surface area contributed by atoms with Gasteiger partial charge in [0.05, 0.1) is 7.11 Å². The van der Waals surface area contributed by atoms with Crippen LogP contribution in [0.15, 0.2) is 12.2 Å². The van der Waals surface area contributed by atoms with E-state index in [-0.39, 0.29) is 23.6 Å². The quantitative estimate of drug-likeness (QED) is 0.532. The van der Waals surface area contributed by atoms with Crippen LogP contribution in [0, 0.1) is 11.8 Å². The minimum atomic E-state index is -0.214. The zero-order chi connectivity index (χ0) is 12.0. The molecule has 0 bridgehead atoms. The standard InChI is InChI=1S/C13H20O3/c1-3-4-5-6-11-10(7-8-12(11)14)9-13(15)16-2/h5-6,10-11H,3-4,7-9H2,1-2H3/t10-,11+/m0/s1. The molecule has 0 N–H and O–H groups in total. The number of methoxy groups -OCH3 is 1. The van der Waals surface area contributed by atoms with Crippen molar-refractivity contribution in [1.82, 2.24) is 0 Å². The van der Waals surface area contributed by atoms with Crippen LogP contribution in [0.4, 0.5) is 0 Å². The highest BCUT2D eigenvalue weighted by Crippen LogP contribution is 2.32. The topological polar surface area (TPSA) is 43.4 Å². The van der Waals surface area contributed by atoms with E-state index in [1.165, 1.54) is 7.11 Å². The van der Waals surface area contributed by atoms with Crippen molar-refractivity contribution in [3.63, 3.8) is 0 Å². The van der Waals surface area contributed by atoms with Crippen LogP contribution >= 0.6 is 0 Å². The fourth-order valence-electron chi connectivity index (χ4n) is 2.14. The summed E-state index contributed by atoms with van der Waals surface area (Å²) < 4.78 is 4.65. The smallest absolute Gasteiger partial charge is 0.305 e. The Hall–Kier alpha value is -1.12. The molecule has 1 fully saturated rings. The molecule has 0 heterocycles. The Morgan fingerprint density at radius 2 is 2.31 bits per heavy atom. The first-order valence-corrected chi connectivity index (χ1v) is 5.95. The number of esters is 1. The third-order valence-electron chi connectivity index (χ3n) is 3.10. The molecule has 90 valence electrons. The molecule has 0 unspecified atom stereocenters. The molecule has 0 amide bonds. The van der Waals surface area contributed by atoms with Gasteiger partial charge in [-0.2, -0.15) is 0 Å². The third-order valence-corrected chi connectivity index (χ3v) is 3.10. The number of ether oxygens (including phenoxy) is 1. The van der Waals surface area contributed by atoms with E-state index in [0.717, 1.165) is 19.3 Å². The lowest BCUT2D eigenvalue weighted by atomic mass is 9.92. The predicted molar refractivity (Wildman–Crippen MR) is 61.9 cm³/mol. The van der Waals surface area contributed by atoms with Crippen molar-refractivity contribution >= 4 is 11.8 Å². The van der Waals surface area contributed by atoms with Crippen molar-refractivity contribution in [2.75, 3.05) is 7.11 Å². The van der Waals surface area contributed by atoms with Crippen LogP contribution < -0.4 is 0 Å². The van der Waals surface area contributed by atoms with Crippen LogP contribution in [0.5, 0.6) is 0 Å². The minimum absolute atomic E-state index is 0.0642. The number of rotatable bonds is 5. The Bertz CT molecular complexity index is 281. The van der Waals surface area contributed by atoms with Crippen LogP contribution in [0.3, 0.4) is 0 Å². The lowest BCUT2D eigenvalue weighted by Crippen LogP contribution is -2.16. The van der Waals surface area contributed by atoms with Gasteiger partial charge in [-0.3, -0.25) is 9.59 Å². The predicted octanol–water partition coefficient (Wildman–Crippen LogP) is 2.50. The molecule has 1 saturated carbocycles. The summed E-state index contributed by atoms with van der Waals surface area (Å²) in [7, 11) is 1.39. The summed E-state index contributed by atoms with van der Waals surface area (Å²) in [5.74, 6) is 0.133. The summed E-state index contributed by atoms with van der Waals surface area (Å²) in [5, 5.41) is 0. The zero-order valence-electron chi connectivity index (χ0n) is 10.1. The number of ketones is 1. The first kappa shape index (κ1) is 12.9. The summed E-state index contributed by atoms with van der Waals surface area (Å²) in [6.45, 7) is 2.10. The molecule has 3 nitrogen and oxygen atoms in total. The molecule has 0 spiro atoms. The zero-order valence-corrected chi connectivity index (χ0v) is 10.1.